The van der Waals surface area contributed by atoms with E-state index >= 15 is 0 Å². The van der Waals surface area contributed by atoms with Gasteiger partial charge in [-0.3, -0.25) is 0 Å². The van der Waals surface area contributed by atoms with Crippen molar-refractivity contribution in [2.45, 2.75) is 0 Å². The van der Waals surface area contributed by atoms with Crippen molar-refractivity contribution in [2.75, 3.05) is 0 Å². The van der Waals surface area contributed by atoms with Crippen LogP contribution in [0.4, 0.5) is 18.9 Å². The molecular weight excluding hydrogens is 223 g/mol. The Bertz CT molecular complexity index is 465. The lowest BCUT2D eigenvalue weighted by molar-refractivity contribution is 0.498. The monoisotopic (exact) mass is 231 g/mol. The Kier molecular flexibility index (Phi) is 3.33. The predicted octanol–water partition coefficient (Wildman–Crippen LogP) is 0.324. The van der Waals surface area contributed by atoms with E-state index in [1.807, 2.05) is 0 Å². The van der Waals surface area contributed by atoms with Crippen LogP contribution >= 0.6 is 0 Å². The second kappa shape index (κ2) is 4.51. The maximum atomic E-state index is 13.1. The fraction of sp³-hybridized carbons (Fsp3) is 0. The number of nitrogens with zero attached hydrogens (tertiary/aromatic N) is 2. The minimum atomic E-state index is -1.46. The van der Waals surface area contributed by atoms with Gasteiger partial charge in [-0.15, -0.1) is 0 Å². The number of rotatable bonds is 1. The van der Waals surface area contributed by atoms with Crippen LogP contribution in [0.3, 0.4) is 0 Å². The molecule has 0 aliphatic rings. The van der Waals surface area contributed by atoms with Crippen LogP contribution in [-0.2, 0) is 0 Å². The minimum absolute atomic E-state index is 0.432. The minimum Gasteiger partial charge on any atom is -0.370 e. The summed E-state index contributed by atoms with van der Waals surface area (Å²) >= 11 is 0. The van der Waals surface area contributed by atoms with Crippen molar-refractivity contribution in [1.29, 1.82) is 0 Å². The van der Waals surface area contributed by atoms with Crippen molar-refractivity contribution in [3.63, 3.8) is 0 Å². The molecule has 0 aromatic heterocycles. The van der Waals surface area contributed by atoms with Gasteiger partial charge in [0.2, 0.25) is 5.96 Å². The first-order valence-electron chi connectivity index (χ1n) is 3.99. The Morgan fingerprint density at radius 2 is 1.56 bits per heavy atom. The lowest BCUT2D eigenvalue weighted by Gasteiger charge is -2.00. The van der Waals surface area contributed by atoms with Crippen molar-refractivity contribution in [3.05, 3.63) is 29.6 Å². The zero-order valence-corrected chi connectivity index (χ0v) is 7.92. The summed E-state index contributed by atoms with van der Waals surface area (Å²) in [7, 11) is 0. The molecule has 0 fully saturated rings. The summed E-state index contributed by atoms with van der Waals surface area (Å²) in [5.41, 5.74) is 14.2. The first kappa shape index (κ1) is 11.8. The van der Waals surface area contributed by atoms with E-state index in [1.54, 1.807) is 0 Å². The van der Waals surface area contributed by atoms with Gasteiger partial charge in [-0.1, -0.05) is 0 Å². The topological polar surface area (TPSA) is 103 Å². The van der Waals surface area contributed by atoms with Crippen molar-refractivity contribution in [3.8, 4) is 0 Å². The van der Waals surface area contributed by atoms with E-state index in [0.717, 1.165) is 0 Å². The van der Waals surface area contributed by atoms with Crippen molar-refractivity contribution in [2.24, 2.45) is 27.2 Å². The molecule has 0 heterocycles. The van der Waals surface area contributed by atoms with E-state index in [2.05, 4.69) is 9.98 Å². The van der Waals surface area contributed by atoms with Crippen LogP contribution in [0, 0.1) is 17.5 Å². The number of hydrogen-bond donors (Lipinski definition) is 3. The number of hydrogen-bond acceptors (Lipinski definition) is 1. The highest BCUT2D eigenvalue weighted by Crippen LogP contribution is 2.23. The zero-order valence-electron chi connectivity index (χ0n) is 7.92. The van der Waals surface area contributed by atoms with Gasteiger partial charge < -0.3 is 17.2 Å². The van der Waals surface area contributed by atoms with Crippen LogP contribution in [0.2, 0.25) is 0 Å². The van der Waals surface area contributed by atoms with Crippen molar-refractivity contribution in [1.82, 2.24) is 0 Å². The molecule has 6 N–H and O–H groups in total. The molecule has 1 aromatic rings. The first-order valence-corrected chi connectivity index (χ1v) is 3.99. The average Bonchev–Trinajstić information content (AvgIpc) is 2.17. The van der Waals surface area contributed by atoms with Crippen LogP contribution in [0.25, 0.3) is 0 Å². The number of nitrogens with two attached hydrogens (primary N) is 3. The van der Waals surface area contributed by atoms with E-state index in [-0.39, 0.29) is 0 Å². The van der Waals surface area contributed by atoms with Crippen LogP contribution in [0.15, 0.2) is 22.1 Å². The second-order valence-corrected chi connectivity index (χ2v) is 2.70. The van der Waals surface area contributed by atoms with Crippen molar-refractivity contribution < 1.29 is 13.2 Å². The molecule has 8 heteroatoms. The van der Waals surface area contributed by atoms with Gasteiger partial charge in [0.1, 0.15) is 5.69 Å². The molecule has 0 unspecified atom stereocenters. The summed E-state index contributed by atoms with van der Waals surface area (Å²) in [6, 6.07) is 1.33. The molecule has 0 aliphatic heterocycles. The van der Waals surface area contributed by atoms with Gasteiger partial charge >= 0.3 is 0 Å². The zero-order chi connectivity index (χ0) is 12.3. The van der Waals surface area contributed by atoms with Gasteiger partial charge in [0.25, 0.3) is 0 Å². The third kappa shape index (κ3) is 2.62. The van der Waals surface area contributed by atoms with Gasteiger partial charge in [-0.2, -0.15) is 4.99 Å². The molecule has 0 amide bonds. The highest BCUT2D eigenvalue weighted by Gasteiger charge is 2.13. The second-order valence-electron chi connectivity index (χ2n) is 2.70. The van der Waals surface area contributed by atoms with E-state index in [1.165, 1.54) is 0 Å². The lowest BCUT2D eigenvalue weighted by Crippen LogP contribution is -2.26. The summed E-state index contributed by atoms with van der Waals surface area (Å²) in [5, 5.41) is 0. The third-order valence-corrected chi connectivity index (χ3v) is 1.49. The van der Waals surface area contributed by atoms with Crippen LogP contribution < -0.4 is 17.2 Å². The Morgan fingerprint density at radius 3 is 2.12 bits per heavy atom. The normalized spacial score (nSPS) is 11.3. The molecule has 0 radical (unpaired) electrons. The molecule has 1 rings (SSSR count). The highest BCUT2D eigenvalue weighted by atomic mass is 19.2. The third-order valence-electron chi connectivity index (χ3n) is 1.49. The first-order chi connectivity index (χ1) is 7.41. The maximum absolute atomic E-state index is 13.1. The Labute approximate surface area is 88.5 Å². The molecule has 0 bridgehead atoms. The van der Waals surface area contributed by atoms with Crippen LogP contribution in [0.5, 0.6) is 0 Å². The summed E-state index contributed by atoms with van der Waals surface area (Å²) in [5.74, 6) is -4.80. The largest absolute Gasteiger partial charge is 0.370 e. The van der Waals surface area contributed by atoms with Gasteiger partial charge in [-0.25, -0.2) is 18.2 Å². The Hall–Kier alpha value is -2.25. The number of aliphatic imine (C=N–C) groups is 2. The van der Waals surface area contributed by atoms with E-state index in [9.17, 15) is 13.2 Å². The number of halogens is 3. The molecule has 0 aliphatic carbocycles. The Balaban J connectivity index is 3.24. The molecule has 86 valence electrons. The SMILES string of the molecule is NC(N)=NC(N)=Nc1c(F)ccc(F)c1F. The molecule has 5 nitrogen and oxygen atoms in total. The summed E-state index contributed by atoms with van der Waals surface area (Å²) in [4.78, 5) is 6.44. The highest BCUT2D eigenvalue weighted by molar-refractivity contribution is 5.93. The molecule has 0 saturated carbocycles. The number of benzene rings is 1. The Morgan fingerprint density at radius 1 is 1.00 bits per heavy atom. The van der Waals surface area contributed by atoms with Crippen LogP contribution in [0.1, 0.15) is 0 Å². The molecule has 0 saturated heterocycles. The molecular formula is C8H8F3N5. The van der Waals surface area contributed by atoms with E-state index in [4.69, 9.17) is 17.2 Å². The van der Waals surface area contributed by atoms with Gasteiger partial charge in [0.15, 0.2) is 23.4 Å². The summed E-state index contributed by atoms with van der Waals surface area (Å²) in [6.45, 7) is 0. The van der Waals surface area contributed by atoms with Crippen LogP contribution in [-0.4, -0.2) is 11.9 Å². The summed E-state index contributed by atoms with van der Waals surface area (Å²) < 4.78 is 38.9. The standard InChI is InChI=1S/C8H8F3N5/c9-3-1-2-4(10)6(5(3)11)15-8(14)16-7(12)13/h1-2H,(H6,12,13,14,15,16). The quantitative estimate of drug-likeness (QED) is 0.368. The molecule has 1 aromatic carbocycles. The average molecular weight is 231 g/mol. The predicted molar refractivity (Wildman–Crippen MR) is 53.4 cm³/mol. The summed E-state index contributed by atoms with van der Waals surface area (Å²) in [6.07, 6.45) is 0. The molecule has 16 heavy (non-hydrogen) atoms. The van der Waals surface area contributed by atoms with E-state index < -0.39 is 35.1 Å². The van der Waals surface area contributed by atoms with E-state index in [0.29, 0.717) is 12.1 Å². The molecule has 0 atom stereocenters. The van der Waals surface area contributed by atoms with Gasteiger partial charge in [-0.05, 0) is 12.1 Å². The lowest BCUT2D eigenvalue weighted by atomic mass is 10.3. The molecule has 0 spiro atoms. The smallest absolute Gasteiger partial charge is 0.223 e. The van der Waals surface area contributed by atoms with Gasteiger partial charge in [0.05, 0.1) is 0 Å². The fourth-order valence-corrected chi connectivity index (χ4v) is 0.891. The van der Waals surface area contributed by atoms with Crippen molar-refractivity contribution >= 4 is 17.6 Å². The van der Waals surface area contributed by atoms with Gasteiger partial charge in [0, 0.05) is 0 Å². The fourth-order valence-electron chi connectivity index (χ4n) is 0.891. The maximum Gasteiger partial charge on any atom is 0.223 e. The number of guanidine groups is 2.